The Labute approximate surface area is 109 Å². The molecule has 0 saturated carbocycles. The maximum absolute atomic E-state index is 11.2. The van der Waals surface area contributed by atoms with Gasteiger partial charge in [0, 0.05) is 11.6 Å². The zero-order valence-electron chi connectivity index (χ0n) is 10.1. The highest BCUT2D eigenvalue weighted by Crippen LogP contribution is 2.33. The van der Waals surface area contributed by atoms with Gasteiger partial charge in [0.1, 0.15) is 11.5 Å². The highest BCUT2D eigenvalue weighted by atomic mass is 79.9. The minimum absolute atomic E-state index is 0.171. The zero-order valence-corrected chi connectivity index (χ0v) is 11.7. The second kappa shape index (κ2) is 6.49. The number of ether oxygens (including phenoxy) is 3. The highest BCUT2D eigenvalue weighted by molar-refractivity contribution is 9.10. The molecule has 0 aliphatic rings. The van der Waals surface area contributed by atoms with Gasteiger partial charge in [-0.25, -0.2) is 0 Å². The van der Waals surface area contributed by atoms with Gasteiger partial charge in [-0.05, 0) is 28.9 Å². The first-order chi connectivity index (χ1) is 8.12. The van der Waals surface area contributed by atoms with Gasteiger partial charge in [-0.1, -0.05) is 0 Å². The highest BCUT2D eigenvalue weighted by Gasteiger charge is 2.13. The van der Waals surface area contributed by atoms with E-state index >= 15 is 0 Å². The Morgan fingerprint density at radius 3 is 2.53 bits per heavy atom. The number of carbonyl (C=O) groups is 1. The van der Waals surface area contributed by atoms with Crippen LogP contribution in [0.2, 0.25) is 0 Å². The fourth-order valence-corrected chi connectivity index (χ4v) is 1.90. The summed E-state index contributed by atoms with van der Waals surface area (Å²) in [4.78, 5) is 11.2. The van der Waals surface area contributed by atoms with Crippen LogP contribution in [0.4, 0.5) is 0 Å². The van der Waals surface area contributed by atoms with Gasteiger partial charge in [0.2, 0.25) is 0 Å². The molecule has 1 aromatic carbocycles. The van der Waals surface area contributed by atoms with E-state index in [4.69, 9.17) is 9.47 Å². The van der Waals surface area contributed by atoms with Crippen LogP contribution in [-0.4, -0.2) is 26.8 Å². The fraction of sp³-hybridized carbons (Fsp3) is 0.417. The van der Waals surface area contributed by atoms with Crippen molar-refractivity contribution in [2.24, 2.45) is 0 Å². The van der Waals surface area contributed by atoms with E-state index in [0.29, 0.717) is 18.1 Å². The molecular weight excluding hydrogens is 288 g/mol. The van der Waals surface area contributed by atoms with Crippen molar-refractivity contribution in [3.63, 3.8) is 0 Å². The molecule has 5 heteroatoms. The van der Waals surface area contributed by atoms with Gasteiger partial charge < -0.3 is 14.2 Å². The third-order valence-corrected chi connectivity index (χ3v) is 2.82. The first kappa shape index (κ1) is 13.8. The van der Waals surface area contributed by atoms with Gasteiger partial charge in [0.25, 0.3) is 0 Å². The van der Waals surface area contributed by atoms with Crippen LogP contribution >= 0.6 is 15.9 Å². The molecule has 0 radical (unpaired) electrons. The molecule has 0 amide bonds. The Morgan fingerprint density at radius 2 is 2.00 bits per heavy atom. The summed E-state index contributed by atoms with van der Waals surface area (Å²) in [5.74, 6) is 0.999. The van der Waals surface area contributed by atoms with Crippen LogP contribution in [0.5, 0.6) is 11.5 Å². The third kappa shape index (κ3) is 3.63. The summed E-state index contributed by atoms with van der Waals surface area (Å²) >= 11 is 3.39. The maximum Gasteiger partial charge on any atom is 0.310 e. The van der Waals surface area contributed by atoms with Crippen molar-refractivity contribution >= 4 is 21.9 Å². The molecule has 0 saturated heterocycles. The number of benzene rings is 1. The molecule has 0 heterocycles. The van der Waals surface area contributed by atoms with Crippen molar-refractivity contribution < 1.29 is 19.0 Å². The molecule has 0 fully saturated rings. The first-order valence-electron chi connectivity index (χ1n) is 5.18. The lowest BCUT2D eigenvalue weighted by Gasteiger charge is -2.12. The van der Waals surface area contributed by atoms with E-state index in [1.165, 1.54) is 7.11 Å². The quantitative estimate of drug-likeness (QED) is 0.784. The third-order valence-electron chi connectivity index (χ3n) is 2.20. The van der Waals surface area contributed by atoms with Gasteiger partial charge in [-0.2, -0.15) is 0 Å². The number of halogens is 1. The Bertz CT molecular complexity index is 404. The summed E-state index contributed by atoms with van der Waals surface area (Å²) in [6, 6.07) is 3.56. The summed E-state index contributed by atoms with van der Waals surface area (Å²) in [6.45, 7) is 2.47. The normalized spacial score (nSPS) is 9.88. The number of esters is 1. The molecule has 0 spiro atoms. The van der Waals surface area contributed by atoms with Crippen LogP contribution in [0.15, 0.2) is 16.6 Å². The van der Waals surface area contributed by atoms with Crippen molar-refractivity contribution in [3.8, 4) is 11.5 Å². The van der Waals surface area contributed by atoms with Crippen molar-refractivity contribution in [1.29, 1.82) is 0 Å². The van der Waals surface area contributed by atoms with Gasteiger partial charge in [-0.3, -0.25) is 4.79 Å². The second-order valence-corrected chi connectivity index (χ2v) is 4.13. The van der Waals surface area contributed by atoms with Gasteiger partial charge in [0.15, 0.2) is 0 Å². The molecule has 0 bridgehead atoms. The fourth-order valence-electron chi connectivity index (χ4n) is 1.40. The maximum atomic E-state index is 11.2. The molecule has 1 aromatic rings. The number of carbonyl (C=O) groups excluding carboxylic acids is 1. The Hall–Kier alpha value is -1.23. The van der Waals surface area contributed by atoms with Crippen LogP contribution in [0.1, 0.15) is 12.5 Å². The smallest absolute Gasteiger partial charge is 0.310 e. The molecule has 0 unspecified atom stereocenters. The minimum atomic E-state index is -0.306. The van der Waals surface area contributed by atoms with E-state index in [9.17, 15) is 4.79 Å². The van der Waals surface area contributed by atoms with Crippen LogP contribution in [0.3, 0.4) is 0 Å². The van der Waals surface area contributed by atoms with Gasteiger partial charge in [0.05, 0.1) is 31.7 Å². The van der Waals surface area contributed by atoms with Gasteiger partial charge in [-0.15, -0.1) is 0 Å². The van der Waals surface area contributed by atoms with Crippen LogP contribution in [-0.2, 0) is 16.0 Å². The van der Waals surface area contributed by atoms with Crippen LogP contribution in [0, 0.1) is 0 Å². The lowest BCUT2D eigenvalue weighted by Crippen LogP contribution is -2.06. The molecule has 1 rings (SSSR count). The van der Waals surface area contributed by atoms with Crippen molar-refractivity contribution in [3.05, 3.63) is 22.2 Å². The topological polar surface area (TPSA) is 44.8 Å². The average Bonchev–Trinajstić information content (AvgIpc) is 2.32. The van der Waals surface area contributed by atoms with E-state index in [1.54, 1.807) is 19.2 Å². The van der Waals surface area contributed by atoms with E-state index in [-0.39, 0.29) is 12.4 Å². The molecule has 94 valence electrons. The summed E-state index contributed by atoms with van der Waals surface area (Å²) in [5.41, 5.74) is 0.759. The molecule has 17 heavy (non-hydrogen) atoms. The lowest BCUT2D eigenvalue weighted by atomic mass is 10.1. The molecular formula is C12H15BrO4. The predicted molar refractivity (Wildman–Crippen MR) is 67.6 cm³/mol. The molecule has 0 atom stereocenters. The zero-order chi connectivity index (χ0) is 12.8. The minimum Gasteiger partial charge on any atom is -0.496 e. The second-order valence-electron chi connectivity index (χ2n) is 3.28. The first-order valence-corrected chi connectivity index (χ1v) is 5.97. The summed E-state index contributed by atoms with van der Waals surface area (Å²) in [6.07, 6.45) is 0.171. The van der Waals surface area contributed by atoms with E-state index in [0.717, 1.165) is 10.0 Å². The monoisotopic (exact) mass is 302 g/mol. The van der Waals surface area contributed by atoms with E-state index in [2.05, 4.69) is 20.7 Å². The van der Waals surface area contributed by atoms with Crippen molar-refractivity contribution in [1.82, 2.24) is 0 Å². The van der Waals surface area contributed by atoms with Crippen molar-refractivity contribution in [2.45, 2.75) is 13.3 Å². The van der Waals surface area contributed by atoms with Gasteiger partial charge >= 0.3 is 5.97 Å². The number of rotatable bonds is 5. The van der Waals surface area contributed by atoms with E-state index < -0.39 is 0 Å². The molecule has 0 aliphatic carbocycles. The standard InChI is InChI=1S/C12H15BrO4/c1-4-17-11-7-10(15-2)8(5-9(11)13)6-12(14)16-3/h5,7H,4,6H2,1-3H3. The summed E-state index contributed by atoms with van der Waals surface area (Å²) < 4.78 is 16.1. The molecule has 0 aromatic heterocycles. The van der Waals surface area contributed by atoms with E-state index in [1.807, 2.05) is 6.92 Å². The number of hydrogen-bond acceptors (Lipinski definition) is 4. The Balaban J connectivity index is 3.05. The number of methoxy groups -OCH3 is 2. The molecule has 0 aliphatic heterocycles. The number of hydrogen-bond donors (Lipinski definition) is 0. The largest absolute Gasteiger partial charge is 0.496 e. The Morgan fingerprint density at radius 1 is 1.29 bits per heavy atom. The average molecular weight is 303 g/mol. The summed E-state index contributed by atoms with van der Waals surface area (Å²) in [7, 11) is 2.91. The molecule has 4 nitrogen and oxygen atoms in total. The summed E-state index contributed by atoms with van der Waals surface area (Å²) in [5, 5.41) is 0. The predicted octanol–water partition coefficient (Wildman–Crippen LogP) is 2.57. The SMILES string of the molecule is CCOc1cc(OC)c(CC(=O)OC)cc1Br. The van der Waals surface area contributed by atoms with Crippen LogP contribution < -0.4 is 9.47 Å². The Kier molecular flexibility index (Phi) is 5.28. The lowest BCUT2D eigenvalue weighted by molar-refractivity contribution is -0.139. The molecule has 0 N–H and O–H groups in total. The van der Waals surface area contributed by atoms with Crippen LogP contribution in [0.25, 0.3) is 0 Å². The van der Waals surface area contributed by atoms with Crippen molar-refractivity contribution in [2.75, 3.05) is 20.8 Å².